The van der Waals surface area contributed by atoms with Crippen molar-refractivity contribution in [2.75, 3.05) is 0 Å². The number of nitrogens with zero attached hydrogens (tertiary/aromatic N) is 1. The summed E-state index contributed by atoms with van der Waals surface area (Å²) in [6, 6.07) is 13.0. The fraction of sp³-hybridized carbons (Fsp3) is 0.312. The third-order valence-corrected chi connectivity index (χ3v) is 4.10. The number of hydrogen-bond acceptors (Lipinski definition) is 2. The zero-order valence-corrected chi connectivity index (χ0v) is 12.2. The molecule has 1 aliphatic rings. The minimum Gasteiger partial charge on any atom is -0.479 e. The van der Waals surface area contributed by atoms with E-state index in [9.17, 15) is 0 Å². The maximum atomic E-state index is 5.06. The molecule has 1 saturated carbocycles. The molecule has 2 aromatic rings. The summed E-state index contributed by atoms with van der Waals surface area (Å²) in [6.07, 6.45) is 4.47. The van der Waals surface area contributed by atoms with Crippen LogP contribution in [0.5, 0.6) is 5.75 Å². The fourth-order valence-corrected chi connectivity index (χ4v) is 2.50. The summed E-state index contributed by atoms with van der Waals surface area (Å²) >= 11 is 0. The summed E-state index contributed by atoms with van der Waals surface area (Å²) < 4.78 is 5.06. The molecule has 2 nitrogen and oxygen atoms in total. The average Bonchev–Trinajstić information content (AvgIpc) is 3.31. The van der Waals surface area contributed by atoms with Gasteiger partial charge in [0.15, 0.2) is 0 Å². The Morgan fingerprint density at radius 3 is 2.42 bits per heavy atom. The molecule has 1 heterocycles. The highest BCUT2D eigenvalue weighted by Gasteiger charge is 2.23. The molecule has 1 fully saturated rings. The van der Waals surface area contributed by atoms with Gasteiger partial charge in [-0.2, -0.15) is 0 Å². The van der Waals surface area contributed by atoms with E-state index >= 15 is 0 Å². The van der Waals surface area contributed by atoms with Gasteiger partial charge in [-0.1, -0.05) is 31.2 Å². The minimum atomic E-state index is 0.312. The first-order valence-electron chi connectivity index (χ1n) is 6.70. The Morgan fingerprint density at radius 1 is 1.16 bits per heavy atom. The zero-order chi connectivity index (χ0) is 13.2. The number of rotatable bonds is 4. The van der Waals surface area contributed by atoms with E-state index in [1.54, 1.807) is 6.20 Å². The maximum Gasteiger partial charge on any atom is 0.140 e. The van der Waals surface area contributed by atoms with Crippen LogP contribution in [0, 0.1) is 0 Å². The molecule has 1 aliphatic carbocycles. The first kappa shape index (κ1) is 12.6. The highest BCUT2D eigenvalue weighted by molar-refractivity contribution is 7.10. The molecule has 0 bridgehead atoms. The van der Waals surface area contributed by atoms with E-state index in [0.29, 0.717) is 5.92 Å². The van der Waals surface area contributed by atoms with Crippen LogP contribution in [-0.4, -0.2) is 4.98 Å². The quantitative estimate of drug-likeness (QED) is 0.774. The van der Waals surface area contributed by atoms with Gasteiger partial charge in [0.05, 0.1) is 15.7 Å². The second-order valence-electron chi connectivity index (χ2n) is 5.20. The van der Waals surface area contributed by atoms with Gasteiger partial charge in [-0.15, -0.1) is 0 Å². The van der Waals surface area contributed by atoms with Crippen LogP contribution in [-0.2, 0) is 0 Å². The lowest BCUT2D eigenvalue weighted by atomic mass is 9.95. The molecule has 98 valence electrons. The van der Waals surface area contributed by atoms with Crippen LogP contribution in [0.4, 0.5) is 0 Å². The second-order valence-corrected chi connectivity index (χ2v) is 5.43. The minimum absolute atomic E-state index is 0.312. The number of aromatic nitrogens is 1. The Balaban J connectivity index is 1.79. The zero-order valence-electron chi connectivity index (χ0n) is 11.0. The Kier molecular flexibility index (Phi) is 3.52. The van der Waals surface area contributed by atoms with E-state index in [1.807, 2.05) is 12.1 Å². The van der Waals surface area contributed by atoms with Crippen molar-refractivity contribution in [2.45, 2.75) is 31.6 Å². The molecule has 0 saturated heterocycles. The summed E-state index contributed by atoms with van der Waals surface area (Å²) in [4.78, 5) is 4.46. The molecule has 1 aromatic heterocycles. The van der Waals surface area contributed by atoms with Crippen molar-refractivity contribution in [2.24, 2.45) is 0 Å². The highest BCUT2D eigenvalue weighted by Crippen LogP contribution is 2.40. The van der Waals surface area contributed by atoms with Crippen molar-refractivity contribution >= 4 is 9.47 Å². The standard InChI is InChI=1S/C16H18NOP/c1-11(16-9-8-15(18-19)10-17-16)12-2-4-13(5-3-12)14-6-7-14/h2-5,8-11,14H,6-7,19H2,1H3. The average molecular weight is 271 g/mol. The largest absolute Gasteiger partial charge is 0.479 e. The van der Waals surface area contributed by atoms with E-state index in [4.69, 9.17) is 4.52 Å². The van der Waals surface area contributed by atoms with Gasteiger partial charge in [0.1, 0.15) is 5.75 Å². The Hall–Kier alpha value is -1.40. The molecular formula is C16H18NOP. The Morgan fingerprint density at radius 2 is 1.89 bits per heavy atom. The lowest BCUT2D eigenvalue weighted by Crippen LogP contribution is -1.99. The molecular weight excluding hydrogens is 253 g/mol. The summed E-state index contributed by atoms with van der Waals surface area (Å²) in [5.74, 6) is 1.90. The third kappa shape index (κ3) is 2.79. The van der Waals surface area contributed by atoms with Crippen molar-refractivity contribution in [3.63, 3.8) is 0 Å². The lowest BCUT2D eigenvalue weighted by Gasteiger charge is -2.12. The molecule has 0 aliphatic heterocycles. The fourth-order valence-electron chi connectivity index (χ4n) is 2.36. The summed E-state index contributed by atoms with van der Waals surface area (Å²) in [5, 5.41) is 0. The first-order valence-corrected chi connectivity index (χ1v) is 7.17. The summed E-state index contributed by atoms with van der Waals surface area (Å²) in [6.45, 7) is 2.19. The van der Waals surface area contributed by atoms with E-state index in [1.165, 1.54) is 24.0 Å². The predicted octanol–water partition coefficient (Wildman–Crippen LogP) is 4.28. The Labute approximate surface area is 116 Å². The number of pyridine rings is 1. The van der Waals surface area contributed by atoms with Crippen LogP contribution in [0.2, 0.25) is 0 Å². The van der Waals surface area contributed by atoms with E-state index in [-0.39, 0.29) is 0 Å². The first-order chi connectivity index (χ1) is 9.28. The van der Waals surface area contributed by atoms with E-state index < -0.39 is 0 Å². The van der Waals surface area contributed by atoms with Crippen molar-refractivity contribution in [3.05, 3.63) is 59.4 Å². The van der Waals surface area contributed by atoms with Crippen LogP contribution in [0.25, 0.3) is 0 Å². The SMILES string of the molecule is CC(c1ccc(C2CC2)cc1)c1ccc(OP)cn1. The molecule has 19 heavy (non-hydrogen) atoms. The monoisotopic (exact) mass is 271 g/mol. The van der Waals surface area contributed by atoms with Crippen LogP contribution >= 0.6 is 9.47 Å². The van der Waals surface area contributed by atoms with Crippen LogP contribution in [0.1, 0.15) is 48.4 Å². The molecule has 3 heteroatoms. The predicted molar refractivity (Wildman–Crippen MR) is 80.5 cm³/mol. The highest BCUT2D eigenvalue weighted by atomic mass is 31.0. The van der Waals surface area contributed by atoms with Gasteiger partial charge < -0.3 is 4.52 Å². The molecule has 0 radical (unpaired) electrons. The van der Waals surface area contributed by atoms with Crippen LogP contribution in [0.15, 0.2) is 42.6 Å². The topological polar surface area (TPSA) is 22.1 Å². The molecule has 2 atom stereocenters. The second kappa shape index (κ2) is 5.30. The van der Waals surface area contributed by atoms with E-state index in [0.717, 1.165) is 17.4 Å². The van der Waals surface area contributed by atoms with Gasteiger partial charge in [0.25, 0.3) is 0 Å². The molecule has 0 N–H and O–H groups in total. The van der Waals surface area contributed by atoms with Gasteiger partial charge in [-0.25, -0.2) is 0 Å². The summed E-state index contributed by atoms with van der Waals surface area (Å²) in [7, 11) is 2.24. The van der Waals surface area contributed by atoms with Crippen LogP contribution in [0.3, 0.4) is 0 Å². The van der Waals surface area contributed by atoms with Crippen molar-refractivity contribution in [1.29, 1.82) is 0 Å². The van der Waals surface area contributed by atoms with Crippen molar-refractivity contribution in [1.82, 2.24) is 4.98 Å². The smallest absolute Gasteiger partial charge is 0.140 e. The van der Waals surface area contributed by atoms with Gasteiger partial charge in [0.2, 0.25) is 0 Å². The normalized spacial score (nSPS) is 16.1. The molecule has 2 unspecified atom stereocenters. The van der Waals surface area contributed by atoms with Gasteiger partial charge in [-0.05, 0) is 42.0 Å². The number of benzene rings is 1. The molecule has 1 aromatic carbocycles. The molecule has 0 spiro atoms. The number of hydrogen-bond donors (Lipinski definition) is 0. The van der Waals surface area contributed by atoms with Crippen molar-refractivity contribution in [3.8, 4) is 5.75 Å². The maximum absolute atomic E-state index is 5.06. The van der Waals surface area contributed by atoms with Gasteiger partial charge >= 0.3 is 0 Å². The van der Waals surface area contributed by atoms with Crippen molar-refractivity contribution < 1.29 is 4.52 Å². The third-order valence-electron chi connectivity index (χ3n) is 3.82. The van der Waals surface area contributed by atoms with Gasteiger partial charge in [0, 0.05) is 11.6 Å². The summed E-state index contributed by atoms with van der Waals surface area (Å²) in [5.41, 5.74) is 3.87. The van der Waals surface area contributed by atoms with E-state index in [2.05, 4.69) is 45.6 Å². The van der Waals surface area contributed by atoms with Crippen LogP contribution < -0.4 is 4.52 Å². The molecule has 3 rings (SSSR count). The lowest BCUT2D eigenvalue weighted by molar-refractivity contribution is 0.639. The Bertz CT molecular complexity index is 546. The molecule has 0 amide bonds. The van der Waals surface area contributed by atoms with Gasteiger partial charge in [-0.3, -0.25) is 4.98 Å².